The van der Waals surface area contributed by atoms with Crippen molar-refractivity contribution >= 4 is 11.6 Å². The maximum Gasteiger partial charge on any atom is 0.101 e. The Kier molecular flexibility index (Phi) is 5.64. The van der Waals surface area contributed by atoms with E-state index in [0.717, 1.165) is 47.5 Å². The van der Waals surface area contributed by atoms with Crippen molar-refractivity contribution in [1.29, 1.82) is 5.26 Å². The molecular formula is C24H22ClN3O. The van der Waals surface area contributed by atoms with Crippen LogP contribution in [0, 0.1) is 18.3 Å². The molecule has 1 fully saturated rings. The van der Waals surface area contributed by atoms with E-state index in [1.807, 2.05) is 49.4 Å². The first-order valence-electron chi connectivity index (χ1n) is 9.71. The number of likely N-dealkylation sites (tertiary alicyclic amines) is 1. The van der Waals surface area contributed by atoms with E-state index in [-0.39, 0.29) is 6.04 Å². The molecule has 3 aromatic rings. The molecule has 0 bridgehead atoms. The van der Waals surface area contributed by atoms with Crippen LogP contribution in [0.1, 0.15) is 40.8 Å². The zero-order valence-electron chi connectivity index (χ0n) is 16.2. The molecule has 0 saturated carbocycles. The summed E-state index contributed by atoms with van der Waals surface area (Å²) >= 11 is 6.28. The first kappa shape index (κ1) is 19.6. The third-order valence-corrected chi connectivity index (χ3v) is 5.66. The summed E-state index contributed by atoms with van der Waals surface area (Å²) in [5.41, 5.74) is 5.06. The molecule has 0 unspecified atom stereocenters. The van der Waals surface area contributed by atoms with Crippen molar-refractivity contribution in [3.05, 3.63) is 88.1 Å². The van der Waals surface area contributed by atoms with Gasteiger partial charge in [0, 0.05) is 35.4 Å². The molecule has 5 heteroatoms. The molecule has 1 saturated heterocycles. The lowest BCUT2D eigenvalue weighted by molar-refractivity contribution is 0.0130. The van der Waals surface area contributed by atoms with E-state index in [9.17, 15) is 5.11 Å². The number of benzene rings is 2. The van der Waals surface area contributed by atoms with Crippen molar-refractivity contribution in [2.75, 3.05) is 13.1 Å². The van der Waals surface area contributed by atoms with Crippen molar-refractivity contribution in [2.24, 2.45) is 0 Å². The number of aryl methyl sites for hydroxylation is 1. The predicted octanol–water partition coefficient (Wildman–Crippen LogP) is 5.06. The molecule has 2 heterocycles. The monoisotopic (exact) mass is 403 g/mol. The van der Waals surface area contributed by atoms with Crippen molar-refractivity contribution in [1.82, 2.24) is 9.88 Å². The van der Waals surface area contributed by atoms with E-state index < -0.39 is 6.10 Å². The summed E-state index contributed by atoms with van der Waals surface area (Å²) in [7, 11) is 0. The normalized spacial score (nSPS) is 15.9. The number of hydrogen-bond acceptors (Lipinski definition) is 4. The van der Waals surface area contributed by atoms with Crippen LogP contribution in [0.4, 0.5) is 0 Å². The van der Waals surface area contributed by atoms with Gasteiger partial charge < -0.3 is 5.11 Å². The van der Waals surface area contributed by atoms with Gasteiger partial charge in [-0.1, -0.05) is 29.8 Å². The quantitative estimate of drug-likeness (QED) is 0.646. The van der Waals surface area contributed by atoms with Crippen molar-refractivity contribution in [2.45, 2.75) is 25.5 Å². The zero-order valence-corrected chi connectivity index (χ0v) is 17.0. The number of aromatic nitrogens is 1. The molecule has 1 aromatic heterocycles. The summed E-state index contributed by atoms with van der Waals surface area (Å²) in [5.74, 6) is 0. The molecule has 0 amide bonds. The maximum atomic E-state index is 11.5. The Morgan fingerprint density at radius 2 is 1.90 bits per heavy atom. The fourth-order valence-electron chi connectivity index (χ4n) is 3.91. The van der Waals surface area contributed by atoms with Gasteiger partial charge in [-0.25, -0.2) is 0 Å². The molecule has 29 heavy (non-hydrogen) atoms. The van der Waals surface area contributed by atoms with E-state index in [4.69, 9.17) is 16.9 Å². The van der Waals surface area contributed by atoms with Crippen LogP contribution in [0.5, 0.6) is 0 Å². The van der Waals surface area contributed by atoms with Crippen LogP contribution in [-0.4, -0.2) is 28.1 Å². The Morgan fingerprint density at radius 3 is 2.52 bits per heavy atom. The maximum absolute atomic E-state index is 11.5. The largest absolute Gasteiger partial charge is 0.386 e. The molecular weight excluding hydrogens is 382 g/mol. The Morgan fingerprint density at radius 1 is 1.14 bits per heavy atom. The minimum absolute atomic E-state index is 0.195. The van der Waals surface area contributed by atoms with Crippen LogP contribution >= 0.6 is 11.6 Å². The van der Waals surface area contributed by atoms with E-state index in [2.05, 4.69) is 16.0 Å². The number of nitriles is 1. The minimum atomic E-state index is -0.758. The molecule has 4 rings (SSSR count). The number of nitrogens with zero attached hydrogens (tertiary/aromatic N) is 3. The number of halogens is 1. The van der Waals surface area contributed by atoms with Crippen LogP contribution in [0.15, 0.2) is 60.8 Å². The number of rotatable bonds is 5. The fourth-order valence-corrected chi connectivity index (χ4v) is 4.20. The molecule has 0 spiro atoms. The number of pyridine rings is 1. The number of hydrogen-bond donors (Lipinski definition) is 1. The molecule has 2 aromatic carbocycles. The topological polar surface area (TPSA) is 60.2 Å². The molecule has 1 aliphatic rings. The predicted molar refractivity (Wildman–Crippen MR) is 114 cm³/mol. The Labute approximate surface area is 176 Å². The third kappa shape index (κ3) is 4.04. The van der Waals surface area contributed by atoms with Gasteiger partial charge >= 0.3 is 0 Å². The minimum Gasteiger partial charge on any atom is -0.386 e. The second-order valence-corrected chi connectivity index (χ2v) is 7.91. The summed E-state index contributed by atoms with van der Waals surface area (Å²) in [4.78, 5) is 6.85. The first-order valence-corrected chi connectivity index (χ1v) is 10.1. The highest BCUT2D eigenvalue weighted by Gasteiger charge is 2.33. The lowest BCUT2D eigenvalue weighted by atomic mass is 9.89. The van der Waals surface area contributed by atoms with Crippen molar-refractivity contribution in [3.63, 3.8) is 0 Å². The van der Waals surface area contributed by atoms with Gasteiger partial charge in [-0.3, -0.25) is 9.88 Å². The smallest absolute Gasteiger partial charge is 0.101 e. The van der Waals surface area contributed by atoms with Gasteiger partial charge in [0.1, 0.15) is 6.10 Å². The Hall–Kier alpha value is -2.71. The summed E-state index contributed by atoms with van der Waals surface area (Å²) < 4.78 is 0. The van der Waals surface area contributed by atoms with Crippen molar-refractivity contribution < 1.29 is 5.11 Å². The van der Waals surface area contributed by atoms with Gasteiger partial charge in [-0.15, -0.1) is 0 Å². The van der Waals surface area contributed by atoms with E-state index >= 15 is 0 Å². The number of aliphatic hydroxyl groups excluding tert-OH is 1. The lowest BCUT2D eigenvalue weighted by Crippen LogP contribution is -2.42. The van der Waals surface area contributed by atoms with Crippen LogP contribution < -0.4 is 0 Å². The van der Waals surface area contributed by atoms with E-state index in [0.29, 0.717) is 10.6 Å². The second kappa shape index (κ2) is 8.34. The van der Waals surface area contributed by atoms with Crippen LogP contribution in [0.25, 0.3) is 11.3 Å². The summed E-state index contributed by atoms with van der Waals surface area (Å²) in [6, 6.07) is 19.0. The highest BCUT2D eigenvalue weighted by Crippen LogP contribution is 2.40. The standard InChI is InChI=1S/C24H22ClN3O/c1-16-12-19(14-20(25)13-16)22-21(4-2-9-27-22)24(29)23(28-10-3-11-28)18-7-5-17(15-26)6-8-18/h2,4-9,12-14,23-24,29H,3,10-11H2,1H3/t23-,24+/m0/s1. The molecule has 4 nitrogen and oxygen atoms in total. The van der Waals surface area contributed by atoms with Gasteiger partial charge in [0.2, 0.25) is 0 Å². The second-order valence-electron chi connectivity index (χ2n) is 7.47. The van der Waals surface area contributed by atoms with Gasteiger partial charge in [0.25, 0.3) is 0 Å². The first-order chi connectivity index (χ1) is 14.1. The molecule has 1 aliphatic heterocycles. The highest BCUT2D eigenvalue weighted by molar-refractivity contribution is 6.30. The summed E-state index contributed by atoms with van der Waals surface area (Å²) in [5, 5.41) is 21.2. The average Bonchev–Trinajstić information content (AvgIpc) is 2.69. The van der Waals surface area contributed by atoms with Gasteiger partial charge in [-0.05, 0) is 60.9 Å². The van der Waals surface area contributed by atoms with Crippen molar-refractivity contribution in [3.8, 4) is 17.3 Å². The number of aliphatic hydroxyl groups is 1. The lowest BCUT2D eigenvalue weighted by Gasteiger charge is -2.41. The molecule has 2 atom stereocenters. The van der Waals surface area contributed by atoms with Gasteiger partial charge in [0.05, 0.1) is 23.4 Å². The van der Waals surface area contributed by atoms with E-state index in [1.54, 1.807) is 18.3 Å². The van der Waals surface area contributed by atoms with Crippen LogP contribution in [-0.2, 0) is 0 Å². The Bertz CT molecular complexity index is 1030. The average molecular weight is 404 g/mol. The summed E-state index contributed by atoms with van der Waals surface area (Å²) in [6.07, 6.45) is 2.10. The molecule has 1 N–H and O–H groups in total. The Balaban J connectivity index is 1.77. The molecule has 0 radical (unpaired) electrons. The van der Waals surface area contributed by atoms with E-state index in [1.165, 1.54) is 0 Å². The molecule has 0 aliphatic carbocycles. The fraction of sp³-hybridized carbons (Fsp3) is 0.250. The van der Waals surface area contributed by atoms with Gasteiger partial charge in [-0.2, -0.15) is 5.26 Å². The zero-order chi connectivity index (χ0) is 20.4. The summed E-state index contributed by atoms with van der Waals surface area (Å²) in [6.45, 7) is 3.87. The third-order valence-electron chi connectivity index (χ3n) is 5.44. The highest BCUT2D eigenvalue weighted by atomic mass is 35.5. The SMILES string of the molecule is Cc1cc(Cl)cc(-c2ncccc2[C@@H](O)[C@H](c2ccc(C#N)cc2)N2CCC2)c1. The van der Waals surface area contributed by atoms with Crippen LogP contribution in [0.3, 0.4) is 0 Å². The van der Waals surface area contributed by atoms with Crippen LogP contribution in [0.2, 0.25) is 5.02 Å². The van der Waals surface area contributed by atoms with Gasteiger partial charge in [0.15, 0.2) is 0 Å². The molecule has 146 valence electrons.